The zero-order valence-corrected chi connectivity index (χ0v) is 11.5. The summed E-state index contributed by atoms with van der Waals surface area (Å²) in [4.78, 5) is 13.9. The van der Waals surface area contributed by atoms with E-state index >= 15 is 0 Å². The molecular formula is C14H26N2O2. The Morgan fingerprint density at radius 3 is 2.50 bits per heavy atom. The molecule has 2 aliphatic rings. The van der Waals surface area contributed by atoms with Crippen molar-refractivity contribution < 1.29 is 9.90 Å². The Hall–Kier alpha value is -0.770. The van der Waals surface area contributed by atoms with E-state index in [0.717, 1.165) is 57.5 Å². The van der Waals surface area contributed by atoms with Crippen molar-refractivity contribution in [1.82, 2.24) is 10.2 Å². The third-order valence-corrected chi connectivity index (χ3v) is 4.42. The van der Waals surface area contributed by atoms with Gasteiger partial charge in [0.2, 0.25) is 0 Å². The lowest BCUT2D eigenvalue weighted by atomic mass is 9.85. The lowest BCUT2D eigenvalue weighted by Crippen LogP contribution is -2.50. The Balaban J connectivity index is 1.74. The zero-order chi connectivity index (χ0) is 13.0. The molecule has 2 fully saturated rings. The van der Waals surface area contributed by atoms with Crippen LogP contribution in [0, 0.1) is 5.92 Å². The molecule has 1 saturated carbocycles. The fourth-order valence-electron chi connectivity index (χ4n) is 2.95. The van der Waals surface area contributed by atoms with Crippen LogP contribution in [0.2, 0.25) is 0 Å². The zero-order valence-electron chi connectivity index (χ0n) is 11.5. The van der Waals surface area contributed by atoms with Crippen LogP contribution >= 0.6 is 0 Å². The maximum atomic E-state index is 12.0. The van der Waals surface area contributed by atoms with E-state index in [2.05, 4.69) is 12.2 Å². The monoisotopic (exact) mass is 254 g/mol. The molecule has 0 spiro atoms. The lowest BCUT2D eigenvalue weighted by molar-refractivity contribution is 0.00594. The Morgan fingerprint density at radius 2 is 1.89 bits per heavy atom. The van der Waals surface area contributed by atoms with Gasteiger partial charge in [0.05, 0.1) is 5.60 Å². The number of piperidine rings is 1. The molecule has 1 aliphatic carbocycles. The van der Waals surface area contributed by atoms with Gasteiger partial charge < -0.3 is 15.3 Å². The molecule has 104 valence electrons. The van der Waals surface area contributed by atoms with Crippen molar-refractivity contribution in [2.24, 2.45) is 5.92 Å². The molecule has 0 unspecified atom stereocenters. The summed E-state index contributed by atoms with van der Waals surface area (Å²) < 4.78 is 0. The van der Waals surface area contributed by atoms with Crippen molar-refractivity contribution in [2.45, 2.75) is 57.5 Å². The van der Waals surface area contributed by atoms with Crippen LogP contribution in [-0.4, -0.2) is 41.3 Å². The molecule has 0 aromatic carbocycles. The van der Waals surface area contributed by atoms with Gasteiger partial charge in [-0.1, -0.05) is 26.2 Å². The molecule has 1 saturated heterocycles. The number of hydrogen-bond acceptors (Lipinski definition) is 2. The summed E-state index contributed by atoms with van der Waals surface area (Å²) in [6.45, 7) is 4.36. The van der Waals surface area contributed by atoms with Gasteiger partial charge in [-0.2, -0.15) is 0 Å². The highest BCUT2D eigenvalue weighted by molar-refractivity contribution is 5.74. The van der Waals surface area contributed by atoms with Crippen molar-refractivity contribution in [3.8, 4) is 0 Å². The first kappa shape index (κ1) is 13.7. The second-order valence-electron chi connectivity index (χ2n) is 6.11. The smallest absolute Gasteiger partial charge is 0.317 e. The van der Waals surface area contributed by atoms with Crippen LogP contribution < -0.4 is 5.32 Å². The number of hydrogen-bond donors (Lipinski definition) is 2. The number of urea groups is 1. The van der Waals surface area contributed by atoms with Crippen LogP contribution in [0.5, 0.6) is 0 Å². The van der Waals surface area contributed by atoms with E-state index in [0.29, 0.717) is 6.54 Å². The van der Waals surface area contributed by atoms with Crippen molar-refractivity contribution in [3.63, 3.8) is 0 Å². The fraction of sp³-hybridized carbons (Fsp3) is 0.929. The quantitative estimate of drug-likeness (QED) is 0.793. The van der Waals surface area contributed by atoms with Gasteiger partial charge in [0.1, 0.15) is 0 Å². The summed E-state index contributed by atoms with van der Waals surface area (Å²) in [6.07, 6.45) is 7.20. The molecule has 4 nitrogen and oxygen atoms in total. The minimum Gasteiger partial charge on any atom is -0.388 e. The first-order valence-corrected chi connectivity index (χ1v) is 7.34. The minimum absolute atomic E-state index is 0.000832. The standard InChI is InChI=1S/C14H26N2O2/c1-12-5-9-16(10-6-12)13(17)15-11-14(18)7-3-2-4-8-14/h12,18H,2-11H2,1H3,(H,15,17). The van der Waals surface area contributed by atoms with Gasteiger partial charge in [-0.3, -0.25) is 0 Å². The molecule has 0 aromatic heterocycles. The predicted octanol–water partition coefficient (Wildman–Crippen LogP) is 2.12. The molecule has 2 rings (SSSR count). The number of nitrogens with zero attached hydrogens (tertiary/aromatic N) is 1. The fourth-order valence-corrected chi connectivity index (χ4v) is 2.95. The highest BCUT2D eigenvalue weighted by Crippen LogP contribution is 2.27. The van der Waals surface area contributed by atoms with Crippen LogP contribution in [0.25, 0.3) is 0 Å². The molecule has 4 heteroatoms. The normalized spacial score (nSPS) is 24.9. The summed E-state index contributed by atoms with van der Waals surface area (Å²) in [5, 5.41) is 13.2. The SMILES string of the molecule is CC1CCN(C(=O)NCC2(O)CCCCC2)CC1. The summed E-state index contributed by atoms with van der Waals surface area (Å²) in [6, 6.07) is 0.000832. The van der Waals surface area contributed by atoms with E-state index in [-0.39, 0.29) is 6.03 Å². The van der Waals surface area contributed by atoms with Crippen molar-refractivity contribution in [2.75, 3.05) is 19.6 Å². The number of aliphatic hydroxyl groups is 1. The van der Waals surface area contributed by atoms with E-state index in [1.165, 1.54) is 6.42 Å². The van der Waals surface area contributed by atoms with Crippen LogP contribution in [-0.2, 0) is 0 Å². The van der Waals surface area contributed by atoms with Crippen molar-refractivity contribution >= 4 is 6.03 Å². The van der Waals surface area contributed by atoms with E-state index < -0.39 is 5.60 Å². The van der Waals surface area contributed by atoms with Crippen molar-refractivity contribution in [1.29, 1.82) is 0 Å². The molecule has 0 atom stereocenters. The van der Waals surface area contributed by atoms with E-state index in [9.17, 15) is 9.90 Å². The average molecular weight is 254 g/mol. The lowest BCUT2D eigenvalue weighted by Gasteiger charge is -2.34. The Kier molecular flexibility index (Phi) is 4.49. The minimum atomic E-state index is -0.656. The third kappa shape index (κ3) is 3.61. The predicted molar refractivity (Wildman–Crippen MR) is 71.4 cm³/mol. The molecule has 0 radical (unpaired) electrons. The molecule has 0 aromatic rings. The van der Waals surface area contributed by atoms with Crippen molar-refractivity contribution in [3.05, 3.63) is 0 Å². The van der Waals surface area contributed by atoms with Crippen LogP contribution in [0.3, 0.4) is 0 Å². The second-order valence-corrected chi connectivity index (χ2v) is 6.11. The van der Waals surface area contributed by atoms with Crippen LogP contribution in [0.1, 0.15) is 51.9 Å². The number of nitrogens with one attached hydrogen (secondary N) is 1. The topological polar surface area (TPSA) is 52.6 Å². The Morgan fingerprint density at radius 1 is 1.28 bits per heavy atom. The number of carbonyl (C=O) groups excluding carboxylic acids is 1. The Labute approximate surface area is 110 Å². The van der Waals surface area contributed by atoms with Gasteiger partial charge in [0, 0.05) is 19.6 Å². The van der Waals surface area contributed by atoms with Crippen LogP contribution in [0.15, 0.2) is 0 Å². The molecule has 1 aliphatic heterocycles. The largest absolute Gasteiger partial charge is 0.388 e. The summed E-state index contributed by atoms with van der Waals surface area (Å²) >= 11 is 0. The van der Waals surface area contributed by atoms with Gasteiger partial charge >= 0.3 is 6.03 Å². The van der Waals surface area contributed by atoms with Gasteiger partial charge in [-0.05, 0) is 31.6 Å². The number of carbonyl (C=O) groups is 1. The van der Waals surface area contributed by atoms with E-state index in [1.807, 2.05) is 4.90 Å². The molecule has 2 N–H and O–H groups in total. The first-order valence-electron chi connectivity index (χ1n) is 7.34. The highest BCUT2D eigenvalue weighted by atomic mass is 16.3. The highest BCUT2D eigenvalue weighted by Gasteiger charge is 2.30. The average Bonchev–Trinajstić information content (AvgIpc) is 2.38. The summed E-state index contributed by atoms with van der Waals surface area (Å²) in [5.74, 6) is 0.733. The number of likely N-dealkylation sites (tertiary alicyclic amines) is 1. The van der Waals surface area contributed by atoms with E-state index in [1.54, 1.807) is 0 Å². The Bertz CT molecular complexity index is 280. The molecule has 2 amide bonds. The van der Waals surface area contributed by atoms with Gasteiger partial charge in [-0.15, -0.1) is 0 Å². The molecule has 18 heavy (non-hydrogen) atoms. The van der Waals surface area contributed by atoms with Crippen LogP contribution in [0.4, 0.5) is 4.79 Å². The number of rotatable bonds is 2. The van der Waals surface area contributed by atoms with Gasteiger partial charge in [0.15, 0.2) is 0 Å². The maximum absolute atomic E-state index is 12.0. The molecule has 0 bridgehead atoms. The van der Waals surface area contributed by atoms with Gasteiger partial charge in [-0.25, -0.2) is 4.79 Å². The number of amides is 2. The maximum Gasteiger partial charge on any atom is 0.317 e. The summed E-state index contributed by atoms with van der Waals surface area (Å²) in [5.41, 5.74) is -0.656. The van der Waals surface area contributed by atoms with Gasteiger partial charge in [0.25, 0.3) is 0 Å². The molecular weight excluding hydrogens is 228 g/mol. The third-order valence-electron chi connectivity index (χ3n) is 4.42. The first-order chi connectivity index (χ1) is 8.59. The van der Waals surface area contributed by atoms with E-state index in [4.69, 9.17) is 0 Å². The summed E-state index contributed by atoms with van der Waals surface area (Å²) in [7, 11) is 0. The second kappa shape index (κ2) is 5.91. The molecule has 1 heterocycles.